The van der Waals surface area contributed by atoms with E-state index in [2.05, 4.69) is 22.5 Å². The standard InChI is InChI=1S/C13H18FN3/c1-9-8-15-11-7-13(17-4-2-3-5-17)10(14)6-12(11)16-9/h6-7,9,15-16H,2-5,8H2,1H3/t9-/m0/s1. The summed E-state index contributed by atoms with van der Waals surface area (Å²) < 4.78 is 14.0. The van der Waals surface area contributed by atoms with Gasteiger partial charge in [0.25, 0.3) is 0 Å². The number of halogens is 1. The van der Waals surface area contributed by atoms with Crippen LogP contribution in [0.15, 0.2) is 12.1 Å². The van der Waals surface area contributed by atoms with Gasteiger partial charge in [-0.3, -0.25) is 0 Å². The Morgan fingerprint density at radius 3 is 2.76 bits per heavy atom. The lowest BCUT2D eigenvalue weighted by atomic mass is 10.1. The molecule has 0 saturated carbocycles. The van der Waals surface area contributed by atoms with Crippen LogP contribution in [0.25, 0.3) is 0 Å². The van der Waals surface area contributed by atoms with Crippen molar-refractivity contribution in [3.63, 3.8) is 0 Å². The lowest BCUT2D eigenvalue weighted by Crippen LogP contribution is -2.30. The minimum Gasteiger partial charge on any atom is -0.381 e. The van der Waals surface area contributed by atoms with Crippen LogP contribution in [0, 0.1) is 5.82 Å². The molecule has 0 unspecified atom stereocenters. The predicted molar refractivity (Wildman–Crippen MR) is 69.4 cm³/mol. The number of hydrogen-bond donors (Lipinski definition) is 2. The number of fused-ring (bicyclic) bond motifs is 1. The Morgan fingerprint density at radius 1 is 1.24 bits per heavy atom. The average molecular weight is 235 g/mol. The molecular formula is C13H18FN3. The van der Waals surface area contributed by atoms with Crippen molar-refractivity contribution in [2.45, 2.75) is 25.8 Å². The molecule has 0 radical (unpaired) electrons. The molecule has 2 N–H and O–H groups in total. The minimum absolute atomic E-state index is 0.117. The molecule has 17 heavy (non-hydrogen) atoms. The summed E-state index contributed by atoms with van der Waals surface area (Å²) in [7, 11) is 0. The number of anilines is 3. The van der Waals surface area contributed by atoms with Crippen molar-refractivity contribution < 1.29 is 4.39 Å². The molecule has 0 amide bonds. The largest absolute Gasteiger partial charge is 0.381 e. The van der Waals surface area contributed by atoms with Crippen molar-refractivity contribution in [3.8, 4) is 0 Å². The number of rotatable bonds is 1. The third kappa shape index (κ3) is 1.92. The smallest absolute Gasteiger partial charge is 0.148 e. The summed E-state index contributed by atoms with van der Waals surface area (Å²) in [4.78, 5) is 2.13. The maximum Gasteiger partial charge on any atom is 0.148 e. The highest BCUT2D eigenvalue weighted by Crippen LogP contribution is 2.34. The van der Waals surface area contributed by atoms with Crippen LogP contribution in [-0.4, -0.2) is 25.7 Å². The van der Waals surface area contributed by atoms with Gasteiger partial charge in [0, 0.05) is 31.7 Å². The number of nitrogens with zero attached hydrogens (tertiary/aromatic N) is 1. The van der Waals surface area contributed by atoms with Gasteiger partial charge in [0.1, 0.15) is 5.82 Å². The van der Waals surface area contributed by atoms with Crippen LogP contribution in [-0.2, 0) is 0 Å². The molecule has 0 bridgehead atoms. The first-order chi connectivity index (χ1) is 8.24. The van der Waals surface area contributed by atoms with Gasteiger partial charge in [-0.05, 0) is 25.8 Å². The van der Waals surface area contributed by atoms with Crippen molar-refractivity contribution in [1.82, 2.24) is 0 Å². The van der Waals surface area contributed by atoms with Crippen LogP contribution < -0.4 is 15.5 Å². The van der Waals surface area contributed by atoms with Crippen molar-refractivity contribution in [3.05, 3.63) is 17.9 Å². The van der Waals surface area contributed by atoms with E-state index in [4.69, 9.17) is 0 Å². The molecule has 0 spiro atoms. The van der Waals surface area contributed by atoms with E-state index < -0.39 is 0 Å². The molecule has 2 aliphatic heterocycles. The average Bonchev–Trinajstić information content (AvgIpc) is 2.81. The van der Waals surface area contributed by atoms with Gasteiger partial charge < -0.3 is 15.5 Å². The minimum atomic E-state index is -0.117. The molecule has 1 aromatic rings. The second-order valence-corrected chi connectivity index (χ2v) is 4.97. The van der Waals surface area contributed by atoms with E-state index in [1.807, 2.05) is 6.07 Å². The first-order valence-corrected chi connectivity index (χ1v) is 6.33. The topological polar surface area (TPSA) is 27.3 Å². The van der Waals surface area contributed by atoms with E-state index >= 15 is 0 Å². The van der Waals surface area contributed by atoms with Crippen LogP contribution in [0.4, 0.5) is 21.5 Å². The van der Waals surface area contributed by atoms with E-state index in [9.17, 15) is 4.39 Å². The second kappa shape index (κ2) is 4.09. The lowest BCUT2D eigenvalue weighted by Gasteiger charge is -2.28. The zero-order valence-corrected chi connectivity index (χ0v) is 10.1. The second-order valence-electron chi connectivity index (χ2n) is 4.97. The Kier molecular flexibility index (Phi) is 2.57. The molecule has 4 heteroatoms. The number of hydrogen-bond acceptors (Lipinski definition) is 3. The van der Waals surface area contributed by atoms with E-state index in [1.165, 1.54) is 12.8 Å². The maximum absolute atomic E-state index is 14.0. The molecule has 92 valence electrons. The summed E-state index contributed by atoms with van der Waals surface area (Å²) in [5, 5.41) is 6.65. The Morgan fingerprint density at radius 2 is 2.00 bits per heavy atom. The Balaban J connectivity index is 1.95. The lowest BCUT2D eigenvalue weighted by molar-refractivity contribution is 0.622. The summed E-state index contributed by atoms with van der Waals surface area (Å²) in [6.07, 6.45) is 2.33. The molecule has 1 fully saturated rings. The van der Waals surface area contributed by atoms with E-state index in [0.29, 0.717) is 6.04 Å². The maximum atomic E-state index is 14.0. The van der Waals surface area contributed by atoms with Gasteiger partial charge >= 0.3 is 0 Å². The SMILES string of the molecule is C[C@H]1CNc2cc(N3CCCC3)c(F)cc2N1. The van der Waals surface area contributed by atoms with E-state index in [0.717, 1.165) is 36.7 Å². The Labute approximate surface area is 101 Å². The van der Waals surface area contributed by atoms with Gasteiger partial charge in [-0.15, -0.1) is 0 Å². The Hall–Kier alpha value is -1.45. The first-order valence-electron chi connectivity index (χ1n) is 6.33. The van der Waals surface area contributed by atoms with Crippen molar-refractivity contribution >= 4 is 17.1 Å². The predicted octanol–water partition coefficient (Wildman–Crippen LogP) is 2.65. The van der Waals surface area contributed by atoms with Crippen molar-refractivity contribution in [2.24, 2.45) is 0 Å². The summed E-state index contributed by atoms with van der Waals surface area (Å²) in [6.45, 7) is 4.92. The highest BCUT2D eigenvalue weighted by atomic mass is 19.1. The quantitative estimate of drug-likeness (QED) is 0.783. The summed E-state index contributed by atoms with van der Waals surface area (Å²) >= 11 is 0. The molecule has 1 atom stereocenters. The fourth-order valence-corrected chi connectivity index (χ4v) is 2.61. The fraction of sp³-hybridized carbons (Fsp3) is 0.538. The zero-order valence-electron chi connectivity index (χ0n) is 10.1. The van der Waals surface area contributed by atoms with Gasteiger partial charge in [0.15, 0.2) is 0 Å². The van der Waals surface area contributed by atoms with E-state index in [-0.39, 0.29) is 5.82 Å². The molecule has 0 aliphatic carbocycles. The van der Waals surface area contributed by atoms with Crippen LogP contribution in [0.5, 0.6) is 0 Å². The molecule has 1 aromatic carbocycles. The number of benzene rings is 1. The zero-order chi connectivity index (χ0) is 11.8. The van der Waals surface area contributed by atoms with Gasteiger partial charge in [-0.25, -0.2) is 4.39 Å². The van der Waals surface area contributed by atoms with Gasteiger partial charge in [-0.2, -0.15) is 0 Å². The van der Waals surface area contributed by atoms with Crippen LogP contribution in [0.3, 0.4) is 0 Å². The third-order valence-corrected chi connectivity index (χ3v) is 3.53. The van der Waals surface area contributed by atoms with Crippen molar-refractivity contribution in [2.75, 3.05) is 35.2 Å². The van der Waals surface area contributed by atoms with Crippen molar-refractivity contribution in [1.29, 1.82) is 0 Å². The van der Waals surface area contributed by atoms with Gasteiger partial charge in [0.05, 0.1) is 17.1 Å². The van der Waals surface area contributed by atoms with Crippen LogP contribution >= 0.6 is 0 Å². The Bertz CT molecular complexity index is 427. The third-order valence-electron chi connectivity index (χ3n) is 3.53. The monoisotopic (exact) mass is 235 g/mol. The van der Waals surface area contributed by atoms with Crippen LogP contribution in [0.1, 0.15) is 19.8 Å². The fourth-order valence-electron chi connectivity index (χ4n) is 2.61. The van der Waals surface area contributed by atoms with Gasteiger partial charge in [-0.1, -0.05) is 0 Å². The van der Waals surface area contributed by atoms with E-state index in [1.54, 1.807) is 6.07 Å². The molecule has 3 nitrogen and oxygen atoms in total. The molecule has 0 aromatic heterocycles. The highest BCUT2D eigenvalue weighted by molar-refractivity contribution is 5.76. The first kappa shape index (κ1) is 10.7. The molecule has 1 saturated heterocycles. The summed E-state index contributed by atoms with van der Waals surface area (Å²) in [6, 6.07) is 3.90. The number of nitrogens with one attached hydrogen (secondary N) is 2. The molecular weight excluding hydrogens is 217 g/mol. The van der Waals surface area contributed by atoms with Gasteiger partial charge in [0.2, 0.25) is 0 Å². The summed E-state index contributed by atoms with van der Waals surface area (Å²) in [5.41, 5.74) is 2.64. The molecule has 2 heterocycles. The highest BCUT2D eigenvalue weighted by Gasteiger charge is 2.21. The summed E-state index contributed by atoms with van der Waals surface area (Å²) in [5.74, 6) is -0.117. The van der Waals surface area contributed by atoms with Crippen LogP contribution in [0.2, 0.25) is 0 Å². The molecule has 2 aliphatic rings. The normalized spacial score (nSPS) is 22.9. The molecule has 3 rings (SSSR count).